The number of nitrogens with zero attached hydrogens (tertiary/aromatic N) is 3. The first-order valence-corrected chi connectivity index (χ1v) is 10.7. The highest BCUT2D eigenvalue weighted by Crippen LogP contribution is 2.39. The lowest BCUT2D eigenvalue weighted by molar-refractivity contribution is -0.147. The van der Waals surface area contributed by atoms with Crippen molar-refractivity contribution in [3.05, 3.63) is 46.1 Å². The number of thiophene rings is 1. The normalized spacial score (nSPS) is 11.4. The number of amides is 1. The number of rotatable bonds is 6. The van der Waals surface area contributed by atoms with Gasteiger partial charge in [0, 0.05) is 28.6 Å². The molecule has 0 spiro atoms. The molecule has 0 aliphatic rings. The van der Waals surface area contributed by atoms with Gasteiger partial charge in [-0.3, -0.25) is 4.79 Å². The smallest absolute Gasteiger partial charge is 0.451 e. The first-order chi connectivity index (χ1) is 14.6. The number of thioether (sulfide) groups is 1. The van der Waals surface area contributed by atoms with E-state index in [0.717, 1.165) is 34.7 Å². The van der Waals surface area contributed by atoms with Crippen LogP contribution in [0.25, 0.3) is 11.1 Å². The fourth-order valence-electron chi connectivity index (χ4n) is 2.61. The van der Waals surface area contributed by atoms with Crippen molar-refractivity contribution in [2.24, 2.45) is 7.05 Å². The molecule has 0 bridgehead atoms. The lowest BCUT2D eigenvalue weighted by Gasteiger charge is -2.09. The van der Waals surface area contributed by atoms with Crippen molar-refractivity contribution in [1.29, 1.82) is 0 Å². The molecule has 7 nitrogen and oxygen atoms in total. The Morgan fingerprint density at radius 1 is 1.26 bits per heavy atom. The summed E-state index contributed by atoms with van der Waals surface area (Å²) in [4.78, 5) is 24.8. The average Bonchev–Trinajstić information content (AvgIpc) is 3.29. The number of hydrogen-bond donors (Lipinski definition) is 1. The van der Waals surface area contributed by atoms with E-state index in [-0.39, 0.29) is 21.5 Å². The second-order valence-electron chi connectivity index (χ2n) is 6.02. The number of methoxy groups -OCH3 is 1. The molecule has 0 atom stereocenters. The minimum atomic E-state index is -4.65. The van der Waals surface area contributed by atoms with Crippen molar-refractivity contribution in [3.63, 3.8) is 0 Å². The number of anilines is 1. The third kappa shape index (κ3) is 5.02. The van der Waals surface area contributed by atoms with Gasteiger partial charge in [0.2, 0.25) is 11.7 Å². The quantitative estimate of drug-likeness (QED) is 0.397. The summed E-state index contributed by atoms with van der Waals surface area (Å²) < 4.78 is 44.0. The highest BCUT2D eigenvalue weighted by molar-refractivity contribution is 7.99. The van der Waals surface area contributed by atoms with E-state index in [2.05, 4.69) is 15.5 Å². The first-order valence-electron chi connectivity index (χ1n) is 8.47. The third-order valence-electron chi connectivity index (χ3n) is 4.02. The number of carbonyl (C=O) groups excluding carboxylic acids is 2. The van der Waals surface area contributed by atoms with Gasteiger partial charge >= 0.3 is 12.1 Å². The summed E-state index contributed by atoms with van der Waals surface area (Å²) in [5.41, 5.74) is 1.22. The molecule has 1 N–H and O–H groups in total. The van der Waals surface area contributed by atoms with E-state index in [1.807, 2.05) is 0 Å². The van der Waals surface area contributed by atoms with Crippen LogP contribution in [0.4, 0.5) is 18.2 Å². The molecule has 164 valence electrons. The summed E-state index contributed by atoms with van der Waals surface area (Å²) in [5.74, 6) is -2.61. The number of alkyl halides is 3. The summed E-state index contributed by atoms with van der Waals surface area (Å²) in [6.45, 7) is 0. The Bertz CT molecular complexity index is 1130. The number of nitrogens with one attached hydrogen (secondary N) is 1. The fourth-order valence-corrected chi connectivity index (χ4v) is 4.53. The van der Waals surface area contributed by atoms with Crippen molar-refractivity contribution in [3.8, 4) is 11.1 Å². The molecule has 3 rings (SSSR count). The van der Waals surface area contributed by atoms with Crippen LogP contribution >= 0.6 is 34.7 Å². The Hall–Kier alpha value is -2.57. The van der Waals surface area contributed by atoms with Crippen LogP contribution < -0.4 is 5.32 Å². The van der Waals surface area contributed by atoms with E-state index in [0.29, 0.717) is 16.1 Å². The summed E-state index contributed by atoms with van der Waals surface area (Å²) in [6, 6.07) is 6.89. The summed E-state index contributed by atoms with van der Waals surface area (Å²) in [5, 5.41) is 11.4. The van der Waals surface area contributed by atoms with E-state index in [1.54, 1.807) is 29.6 Å². The predicted octanol–water partition coefficient (Wildman–Crippen LogP) is 4.73. The molecular weight excluding hydrogens is 477 g/mol. The Labute approximate surface area is 187 Å². The van der Waals surface area contributed by atoms with Gasteiger partial charge in [-0.1, -0.05) is 41.6 Å². The third-order valence-corrected chi connectivity index (χ3v) is 6.26. The SMILES string of the molecule is COC(=O)c1c(-c2ccccc2Cl)csc1NC(=O)CSc1nnc(C(F)(F)F)n1C. The van der Waals surface area contributed by atoms with Gasteiger partial charge < -0.3 is 14.6 Å². The minimum absolute atomic E-state index is 0.0707. The number of carbonyl (C=O) groups is 2. The topological polar surface area (TPSA) is 86.1 Å². The van der Waals surface area contributed by atoms with Crippen LogP contribution in [0.15, 0.2) is 34.8 Å². The molecule has 0 saturated heterocycles. The Balaban J connectivity index is 1.78. The predicted molar refractivity (Wildman–Crippen MR) is 111 cm³/mol. The van der Waals surface area contributed by atoms with E-state index >= 15 is 0 Å². The van der Waals surface area contributed by atoms with Gasteiger partial charge in [-0.25, -0.2) is 4.79 Å². The zero-order chi connectivity index (χ0) is 22.8. The van der Waals surface area contributed by atoms with Gasteiger partial charge in [-0.15, -0.1) is 21.5 Å². The van der Waals surface area contributed by atoms with Gasteiger partial charge in [-0.05, 0) is 6.07 Å². The van der Waals surface area contributed by atoms with Gasteiger partial charge in [0.1, 0.15) is 10.6 Å². The van der Waals surface area contributed by atoms with Crippen LogP contribution in [-0.2, 0) is 22.8 Å². The molecular formula is C18H14ClF3N4O3S2. The zero-order valence-electron chi connectivity index (χ0n) is 16.0. The number of hydrogen-bond acceptors (Lipinski definition) is 7. The molecule has 0 aliphatic heterocycles. The van der Waals surface area contributed by atoms with E-state index in [9.17, 15) is 22.8 Å². The lowest BCUT2D eigenvalue weighted by Crippen LogP contribution is -2.17. The number of aromatic nitrogens is 3. The number of halogens is 4. The van der Waals surface area contributed by atoms with Crippen LogP contribution in [0.3, 0.4) is 0 Å². The van der Waals surface area contributed by atoms with Crippen LogP contribution in [0, 0.1) is 0 Å². The number of ether oxygens (including phenoxy) is 1. The maximum atomic E-state index is 12.8. The number of benzene rings is 1. The summed E-state index contributed by atoms with van der Waals surface area (Å²) >= 11 is 8.11. The molecule has 0 radical (unpaired) electrons. The van der Waals surface area contributed by atoms with E-state index < -0.39 is 23.9 Å². The number of esters is 1. The Morgan fingerprint density at radius 2 is 1.97 bits per heavy atom. The molecule has 3 aromatic rings. The van der Waals surface area contributed by atoms with Gasteiger partial charge in [0.25, 0.3) is 0 Å². The lowest BCUT2D eigenvalue weighted by atomic mass is 10.0. The molecule has 31 heavy (non-hydrogen) atoms. The summed E-state index contributed by atoms with van der Waals surface area (Å²) in [6.07, 6.45) is -4.65. The minimum Gasteiger partial charge on any atom is -0.465 e. The van der Waals surface area contributed by atoms with Gasteiger partial charge in [0.05, 0.1) is 12.9 Å². The van der Waals surface area contributed by atoms with E-state index in [4.69, 9.17) is 16.3 Å². The standard InChI is InChI=1S/C18H14ClF3N4O3S2/c1-26-16(18(20,21)22)24-25-17(26)31-8-12(27)23-14-13(15(28)29-2)10(7-30-14)9-5-3-4-6-11(9)19/h3-7H,8H2,1-2H3,(H,23,27). The maximum absolute atomic E-state index is 12.8. The second kappa shape index (κ2) is 9.28. The first kappa shape index (κ1) is 23.1. The van der Waals surface area contributed by atoms with E-state index in [1.165, 1.54) is 7.11 Å². The van der Waals surface area contributed by atoms with Crippen LogP contribution in [-0.4, -0.2) is 39.5 Å². The maximum Gasteiger partial charge on any atom is 0.451 e. The van der Waals surface area contributed by atoms with Crippen LogP contribution in [0.2, 0.25) is 5.02 Å². The van der Waals surface area contributed by atoms with Crippen molar-refractivity contribution >= 4 is 51.6 Å². The fraction of sp³-hybridized carbons (Fsp3) is 0.222. The molecule has 0 fully saturated rings. The van der Waals surface area contributed by atoms with Gasteiger partial charge in [0.15, 0.2) is 5.16 Å². The molecule has 2 heterocycles. The van der Waals surface area contributed by atoms with Crippen molar-refractivity contribution in [2.45, 2.75) is 11.3 Å². The molecule has 1 aromatic carbocycles. The molecule has 0 aliphatic carbocycles. The monoisotopic (exact) mass is 490 g/mol. The Morgan fingerprint density at radius 3 is 2.58 bits per heavy atom. The van der Waals surface area contributed by atoms with Crippen molar-refractivity contribution < 1.29 is 27.5 Å². The van der Waals surface area contributed by atoms with Crippen LogP contribution in [0.1, 0.15) is 16.2 Å². The van der Waals surface area contributed by atoms with Crippen molar-refractivity contribution in [1.82, 2.24) is 14.8 Å². The molecule has 0 saturated carbocycles. The zero-order valence-corrected chi connectivity index (χ0v) is 18.4. The highest BCUT2D eigenvalue weighted by Gasteiger charge is 2.37. The Kier molecular flexibility index (Phi) is 6.92. The molecule has 13 heteroatoms. The average molecular weight is 491 g/mol. The van der Waals surface area contributed by atoms with Gasteiger partial charge in [-0.2, -0.15) is 13.2 Å². The second-order valence-corrected chi connectivity index (χ2v) is 8.25. The largest absolute Gasteiger partial charge is 0.465 e. The van der Waals surface area contributed by atoms with Crippen molar-refractivity contribution in [2.75, 3.05) is 18.2 Å². The molecule has 2 aromatic heterocycles. The summed E-state index contributed by atoms with van der Waals surface area (Å²) in [7, 11) is 2.37. The molecule has 1 amide bonds. The highest BCUT2D eigenvalue weighted by atomic mass is 35.5. The molecule has 0 unspecified atom stereocenters. The van der Waals surface area contributed by atoms with Crippen LogP contribution in [0.5, 0.6) is 0 Å².